The van der Waals surface area contributed by atoms with Gasteiger partial charge in [0.2, 0.25) is 0 Å². The fourth-order valence-corrected chi connectivity index (χ4v) is 2.25. The van der Waals surface area contributed by atoms with E-state index in [4.69, 9.17) is 23.2 Å². The van der Waals surface area contributed by atoms with Crippen molar-refractivity contribution in [1.29, 1.82) is 0 Å². The van der Waals surface area contributed by atoms with E-state index in [-0.39, 0.29) is 5.54 Å². The molecule has 0 aliphatic carbocycles. The molecule has 0 atom stereocenters. The molecule has 6 heteroatoms. The van der Waals surface area contributed by atoms with Gasteiger partial charge in [-0.25, -0.2) is 0 Å². The van der Waals surface area contributed by atoms with Crippen LogP contribution in [0.2, 0.25) is 0 Å². The summed E-state index contributed by atoms with van der Waals surface area (Å²) in [6.07, 6.45) is 0. The maximum Gasteiger partial charge on any atom is 0.0739 e. The lowest BCUT2D eigenvalue weighted by Gasteiger charge is -2.26. The second-order valence-corrected chi connectivity index (χ2v) is 5.48. The number of alkyl halides is 2. The third-order valence-electron chi connectivity index (χ3n) is 2.53. The summed E-state index contributed by atoms with van der Waals surface area (Å²) in [5, 5.41) is 7.68. The molecule has 1 heterocycles. The minimum atomic E-state index is -0.249. The smallest absolute Gasteiger partial charge is 0.0739 e. The van der Waals surface area contributed by atoms with Gasteiger partial charge in [-0.1, -0.05) is 0 Å². The van der Waals surface area contributed by atoms with Crippen LogP contribution in [0, 0.1) is 6.92 Å². The molecule has 0 saturated heterocycles. The summed E-state index contributed by atoms with van der Waals surface area (Å²) in [6, 6.07) is 0. The van der Waals surface area contributed by atoms with Gasteiger partial charge in [0, 0.05) is 30.9 Å². The second-order valence-electron chi connectivity index (χ2n) is 4.15. The first-order chi connectivity index (χ1) is 7.43. The molecule has 0 saturated carbocycles. The highest BCUT2D eigenvalue weighted by Gasteiger charge is 2.22. The van der Waals surface area contributed by atoms with Crippen molar-refractivity contribution in [2.75, 3.05) is 11.8 Å². The molecule has 1 aromatic rings. The molecule has 1 aromatic heterocycles. The van der Waals surface area contributed by atoms with Crippen molar-refractivity contribution in [2.24, 2.45) is 7.05 Å². The van der Waals surface area contributed by atoms with Crippen LogP contribution in [0.5, 0.6) is 0 Å². The topological polar surface area (TPSA) is 29.9 Å². The van der Waals surface area contributed by atoms with Crippen LogP contribution in [-0.4, -0.2) is 27.1 Å². The van der Waals surface area contributed by atoms with E-state index in [0.717, 1.165) is 15.9 Å². The summed E-state index contributed by atoms with van der Waals surface area (Å²) < 4.78 is 2.89. The van der Waals surface area contributed by atoms with Gasteiger partial charge in [0.05, 0.1) is 15.9 Å². The van der Waals surface area contributed by atoms with E-state index in [0.29, 0.717) is 18.3 Å². The SMILES string of the molecule is Cc1nn(C)c(CNC(C)(CCl)CCl)c1Br. The Kier molecular flexibility index (Phi) is 5.10. The van der Waals surface area contributed by atoms with Gasteiger partial charge in [-0.3, -0.25) is 4.68 Å². The average Bonchev–Trinajstić information content (AvgIpc) is 2.51. The zero-order valence-electron chi connectivity index (χ0n) is 9.65. The van der Waals surface area contributed by atoms with E-state index in [2.05, 4.69) is 26.3 Å². The standard InChI is InChI=1S/C10H16BrCl2N3/c1-7-9(11)8(16(3)15-7)4-14-10(2,5-12)6-13/h14H,4-6H2,1-3H3. The van der Waals surface area contributed by atoms with Crippen LogP contribution in [-0.2, 0) is 13.6 Å². The van der Waals surface area contributed by atoms with Gasteiger partial charge >= 0.3 is 0 Å². The fourth-order valence-electron chi connectivity index (χ4n) is 1.30. The number of rotatable bonds is 5. The zero-order chi connectivity index (χ0) is 12.3. The zero-order valence-corrected chi connectivity index (χ0v) is 12.7. The van der Waals surface area contributed by atoms with Crippen LogP contribution in [0.15, 0.2) is 4.47 Å². The monoisotopic (exact) mass is 327 g/mol. The third kappa shape index (κ3) is 3.13. The van der Waals surface area contributed by atoms with Crippen molar-refractivity contribution in [2.45, 2.75) is 25.9 Å². The van der Waals surface area contributed by atoms with Crippen LogP contribution in [0.25, 0.3) is 0 Å². The van der Waals surface area contributed by atoms with Crippen molar-refractivity contribution >= 4 is 39.1 Å². The first-order valence-electron chi connectivity index (χ1n) is 4.98. The van der Waals surface area contributed by atoms with Crippen molar-refractivity contribution in [3.63, 3.8) is 0 Å². The maximum absolute atomic E-state index is 5.88. The molecule has 0 radical (unpaired) electrons. The highest BCUT2D eigenvalue weighted by Crippen LogP contribution is 2.21. The first-order valence-corrected chi connectivity index (χ1v) is 6.84. The van der Waals surface area contributed by atoms with Gasteiger partial charge in [0.15, 0.2) is 0 Å². The molecule has 0 bridgehead atoms. The number of hydrogen-bond donors (Lipinski definition) is 1. The van der Waals surface area contributed by atoms with E-state index < -0.39 is 0 Å². The Morgan fingerprint density at radius 1 is 1.44 bits per heavy atom. The molecule has 0 spiro atoms. The summed E-state index contributed by atoms with van der Waals surface area (Å²) in [7, 11) is 1.92. The molecule has 0 unspecified atom stereocenters. The summed E-state index contributed by atoms with van der Waals surface area (Å²) >= 11 is 15.3. The molecule has 0 amide bonds. The lowest BCUT2D eigenvalue weighted by atomic mass is 10.1. The minimum absolute atomic E-state index is 0.249. The van der Waals surface area contributed by atoms with Gasteiger partial charge in [0.1, 0.15) is 0 Å². The highest BCUT2D eigenvalue weighted by molar-refractivity contribution is 9.10. The van der Waals surface area contributed by atoms with Crippen LogP contribution in [0.3, 0.4) is 0 Å². The van der Waals surface area contributed by atoms with Crippen LogP contribution >= 0.6 is 39.1 Å². The summed E-state index contributed by atoms with van der Waals surface area (Å²) in [5.74, 6) is 0.954. The molecule has 1 N–H and O–H groups in total. The second kappa shape index (κ2) is 5.71. The summed E-state index contributed by atoms with van der Waals surface area (Å²) in [5.41, 5.74) is 1.83. The molecular weight excluding hydrogens is 313 g/mol. The Morgan fingerprint density at radius 2 is 2.00 bits per heavy atom. The fraction of sp³-hybridized carbons (Fsp3) is 0.700. The van der Waals surface area contributed by atoms with Crippen LogP contribution in [0.4, 0.5) is 0 Å². The Morgan fingerprint density at radius 3 is 2.38 bits per heavy atom. The Hall–Kier alpha value is 0.230. The Labute approximate surface area is 115 Å². The molecule has 0 aliphatic rings. The normalized spacial score (nSPS) is 12.1. The van der Waals surface area contributed by atoms with Crippen molar-refractivity contribution in [3.05, 3.63) is 15.9 Å². The van der Waals surface area contributed by atoms with Gasteiger partial charge in [-0.15, -0.1) is 23.2 Å². The van der Waals surface area contributed by atoms with E-state index in [1.807, 2.05) is 25.6 Å². The molecule has 0 aliphatic heterocycles. The number of halogens is 3. The molecule has 0 fully saturated rings. The average molecular weight is 329 g/mol. The minimum Gasteiger partial charge on any atom is -0.304 e. The summed E-state index contributed by atoms with van der Waals surface area (Å²) in [6.45, 7) is 4.66. The molecule has 3 nitrogen and oxygen atoms in total. The number of aryl methyl sites for hydroxylation is 2. The van der Waals surface area contributed by atoms with Gasteiger partial charge in [-0.05, 0) is 29.8 Å². The first kappa shape index (κ1) is 14.3. The van der Waals surface area contributed by atoms with E-state index in [9.17, 15) is 0 Å². The number of nitrogens with one attached hydrogen (secondary N) is 1. The largest absolute Gasteiger partial charge is 0.304 e. The van der Waals surface area contributed by atoms with Crippen molar-refractivity contribution in [3.8, 4) is 0 Å². The predicted molar refractivity (Wildman–Crippen MR) is 72.3 cm³/mol. The maximum atomic E-state index is 5.88. The van der Waals surface area contributed by atoms with Crippen LogP contribution in [0.1, 0.15) is 18.3 Å². The number of nitrogens with zero attached hydrogens (tertiary/aromatic N) is 2. The molecule has 1 rings (SSSR count). The molecule has 92 valence electrons. The highest BCUT2D eigenvalue weighted by atomic mass is 79.9. The van der Waals surface area contributed by atoms with E-state index >= 15 is 0 Å². The predicted octanol–water partition coefficient (Wildman–Crippen LogP) is 2.82. The summed E-state index contributed by atoms with van der Waals surface area (Å²) in [4.78, 5) is 0. The van der Waals surface area contributed by atoms with E-state index in [1.165, 1.54) is 0 Å². The third-order valence-corrected chi connectivity index (χ3v) is 4.75. The Bertz CT molecular complexity index is 361. The number of aromatic nitrogens is 2. The van der Waals surface area contributed by atoms with Gasteiger partial charge in [-0.2, -0.15) is 5.10 Å². The van der Waals surface area contributed by atoms with Gasteiger partial charge in [0.25, 0.3) is 0 Å². The van der Waals surface area contributed by atoms with E-state index in [1.54, 1.807) is 0 Å². The molecule has 16 heavy (non-hydrogen) atoms. The van der Waals surface area contributed by atoms with Crippen molar-refractivity contribution < 1.29 is 0 Å². The quantitative estimate of drug-likeness (QED) is 0.842. The molecule has 0 aromatic carbocycles. The Balaban J connectivity index is 2.74. The lowest BCUT2D eigenvalue weighted by Crippen LogP contribution is -2.45. The molecular formula is C10H16BrCl2N3. The van der Waals surface area contributed by atoms with Gasteiger partial charge < -0.3 is 5.32 Å². The van der Waals surface area contributed by atoms with Crippen LogP contribution < -0.4 is 5.32 Å². The van der Waals surface area contributed by atoms with Crippen molar-refractivity contribution in [1.82, 2.24) is 15.1 Å². The number of hydrogen-bond acceptors (Lipinski definition) is 2. The lowest BCUT2D eigenvalue weighted by molar-refractivity contribution is 0.425.